The number of nitrogens with two attached hydrogens (primary N) is 1. The molecule has 0 aromatic heterocycles. The van der Waals surface area contributed by atoms with Crippen LogP contribution in [0.3, 0.4) is 0 Å². The van der Waals surface area contributed by atoms with E-state index in [1.807, 2.05) is 0 Å². The zero-order valence-electron chi connectivity index (χ0n) is 12.1. The second-order valence-electron chi connectivity index (χ2n) is 5.06. The van der Waals surface area contributed by atoms with Gasteiger partial charge in [-0.05, 0) is 39.3 Å². The Morgan fingerprint density at radius 1 is 1.45 bits per heavy atom. The van der Waals surface area contributed by atoms with Gasteiger partial charge in [0.05, 0.1) is 0 Å². The molecule has 0 aromatic carbocycles. The predicted molar refractivity (Wildman–Crippen MR) is 77.0 cm³/mol. The Morgan fingerprint density at radius 3 is 2.50 bits per heavy atom. The average Bonchev–Trinajstić information content (AvgIpc) is 2.29. The number of ether oxygens (including phenoxy) is 1. The smallest absolute Gasteiger partial charge is 0.408 e. The van der Waals surface area contributed by atoms with E-state index in [1.54, 1.807) is 26.8 Å². The van der Waals surface area contributed by atoms with E-state index in [9.17, 15) is 9.59 Å². The molecule has 4 N–H and O–H groups in total. The number of amides is 2. The zero-order valence-corrected chi connectivity index (χ0v) is 12.1. The van der Waals surface area contributed by atoms with Crippen molar-refractivity contribution in [3.63, 3.8) is 0 Å². The maximum absolute atomic E-state index is 11.5. The van der Waals surface area contributed by atoms with Crippen LogP contribution in [0.15, 0.2) is 36.6 Å². The normalized spacial score (nSPS) is 13.8. The molecule has 0 saturated carbocycles. The van der Waals surface area contributed by atoms with Crippen molar-refractivity contribution in [2.75, 3.05) is 0 Å². The van der Waals surface area contributed by atoms with Crippen molar-refractivity contribution in [3.05, 3.63) is 36.6 Å². The van der Waals surface area contributed by atoms with Crippen molar-refractivity contribution in [2.24, 2.45) is 5.73 Å². The van der Waals surface area contributed by atoms with Gasteiger partial charge in [0.25, 0.3) is 0 Å². The predicted octanol–water partition coefficient (Wildman–Crippen LogP) is 1.94. The number of rotatable bonds is 6. The van der Waals surface area contributed by atoms with Gasteiger partial charge in [0.2, 0.25) is 5.91 Å². The molecule has 0 rings (SSSR count). The van der Waals surface area contributed by atoms with Crippen LogP contribution in [0.4, 0.5) is 4.79 Å². The third-order valence-electron chi connectivity index (χ3n) is 2.02. The first-order valence-corrected chi connectivity index (χ1v) is 6.12. The van der Waals surface area contributed by atoms with E-state index in [4.69, 9.17) is 15.6 Å². The molecule has 112 valence electrons. The second kappa shape index (κ2) is 8.04. The lowest BCUT2D eigenvalue weighted by molar-refractivity contribution is -0.120. The Morgan fingerprint density at radius 2 is 2.05 bits per heavy atom. The van der Waals surface area contributed by atoms with Crippen molar-refractivity contribution >= 4 is 12.0 Å². The van der Waals surface area contributed by atoms with Crippen LogP contribution < -0.4 is 11.1 Å². The molecule has 0 aliphatic carbocycles. The fourth-order valence-electron chi connectivity index (χ4n) is 1.15. The van der Waals surface area contributed by atoms with Gasteiger partial charge < -0.3 is 20.9 Å². The minimum atomic E-state index is -0.875. The van der Waals surface area contributed by atoms with Crippen LogP contribution in [0.25, 0.3) is 0 Å². The molecule has 6 nitrogen and oxygen atoms in total. The number of nitrogens with one attached hydrogen (secondary N) is 1. The number of primary amides is 1. The topological polar surface area (TPSA) is 102 Å². The number of carbonyl (C=O) groups excluding carboxylic acids is 2. The summed E-state index contributed by atoms with van der Waals surface area (Å²) in [5.41, 5.74) is 4.54. The first kappa shape index (κ1) is 17.8. The lowest BCUT2D eigenvalue weighted by atomic mass is 10.2. The van der Waals surface area contributed by atoms with Gasteiger partial charge in [-0.3, -0.25) is 4.79 Å². The SMILES string of the molecule is C=C/C(O)=C\C=C\CC(NC(=O)OC(C)(C)C)C(N)=O. The minimum absolute atomic E-state index is 0.00280. The van der Waals surface area contributed by atoms with E-state index < -0.39 is 23.6 Å². The van der Waals surface area contributed by atoms with Gasteiger partial charge >= 0.3 is 6.09 Å². The molecule has 0 fully saturated rings. The van der Waals surface area contributed by atoms with Crippen LogP contribution in [0.2, 0.25) is 0 Å². The zero-order chi connectivity index (χ0) is 15.8. The standard InChI is InChI=1S/C14H22N2O4/c1-5-10(17)8-6-7-9-11(12(15)18)16-13(19)20-14(2,3)4/h5-8,11,17H,1,9H2,2-4H3,(H2,15,18)(H,16,19)/b7-6+,10-8+. The van der Waals surface area contributed by atoms with Gasteiger partial charge in [-0.2, -0.15) is 0 Å². The monoisotopic (exact) mass is 282 g/mol. The molecule has 0 saturated heterocycles. The van der Waals surface area contributed by atoms with Crippen LogP contribution in [0, 0.1) is 0 Å². The first-order chi connectivity index (χ1) is 9.15. The highest BCUT2D eigenvalue weighted by Gasteiger charge is 2.21. The van der Waals surface area contributed by atoms with Gasteiger partial charge in [0.15, 0.2) is 0 Å². The summed E-state index contributed by atoms with van der Waals surface area (Å²) in [5.74, 6) is -0.672. The Hall–Kier alpha value is -2.24. The maximum Gasteiger partial charge on any atom is 0.408 e. The van der Waals surface area contributed by atoms with Crippen LogP contribution in [-0.4, -0.2) is 28.7 Å². The third kappa shape index (κ3) is 8.79. The number of aliphatic hydroxyl groups excluding tert-OH is 1. The van der Waals surface area contributed by atoms with Crippen LogP contribution >= 0.6 is 0 Å². The highest BCUT2D eigenvalue weighted by molar-refractivity contribution is 5.84. The molecule has 0 aliphatic heterocycles. The van der Waals surface area contributed by atoms with Gasteiger partial charge in [0.1, 0.15) is 17.4 Å². The summed E-state index contributed by atoms with van der Waals surface area (Å²) in [6, 6.07) is -0.875. The molecule has 1 atom stereocenters. The van der Waals surface area contributed by atoms with Crippen LogP contribution in [0.5, 0.6) is 0 Å². The summed E-state index contributed by atoms with van der Waals surface area (Å²) in [5, 5.41) is 11.5. The Kier molecular flexibility index (Phi) is 7.14. The summed E-state index contributed by atoms with van der Waals surface area (Å²) in [6.07, 6.45) is 5.28. The number of aliphatic hydroxyl groups is 1. The molecule has 0 spiro atoms. The molecular weight excluding hydrogens is 260 g/mol. The molecule has 0 bridgehead atoms. The summed E-state index contributed by atoms with van der Waals surface area (Å²) in [6.45, 7) is 8.53. The molecule has 0 aromatic rings. The minimum Gasteiger partial charge on any atom is -0.508 e. The van der Waals surface area contributed by atoms with Crippen LogP contribution in [-0.2, 0) is 9.53 Å². The summed E-state index contributed by atoms with van der Waals surface area (Å²) in [4.78, 5) is 22.8. The number of alkyl carbamates (subject to hydrolysis) is 1. The number of hydrogen-bond acceptors (Lipinski definition) is 4. The Bertz CT molecular complexity index is 419. The van der Waals surface area contributed by atoms with E-state index >= 15 is 0 Å². The van der Waals surface area contributed by atoms with Gasteiger partial charge in [0, 0.05) is 0 Å². The van der Waals surface area contributed by atoms with Gasteiger partial charge in [-0.1, -0.05) is 18.7 Å². The van der Waals surface area contributed by atoms with E-state index in [0.29, 0.717) is 0 Å². The van der Waals surface area contributed by atoms with Crippen molar-refractivity contribution < 1.29 is 19.4 Å². The van der Waals surface area contributed by atoms with Gasteiger partial charge in [-0.25, -0.2) is 4.79 Å². The molecule has 6 heteroatoms. The fourth-order valence-corrected chi connectivity index (χ4v) is 1.15. The number of carbonyl (C=O) groups is 2. The van der Waals surface area contributed by atoms with E-state index in [1.165, 1.54) is 18.2 Å². The molecular formula is C14H22N2O4. The molecule has 20 heavy (non-hydrogen) atoms. The molecule has 0 heterocycles. The van der Waals surface area contributed by atoms with E-state index in [2.05, 4.69) is 11.9 Å². The number of allylic oxidation sites excluding steroid dienone is 3. The molecule has 2 amide bonds. The summed E-state index contributed by atoms with van der Waals surface area (Å²) < 4.78 is 5.03. The first-order valence-electron chi connectivity index (χ1n) is 6.12. The average molecular weight is 282 g/mol. The van der Waals surface area contributed by atoms with E-state index in [-0.39, 0.29) is 12.2 Å². The van der Waals surface area contributed by atoms with Crippen molar-refractivity contribution in [2.45, 2.75) is 38.8 Å². The van der Waals surface area contributed by atoms with Crippen LogP contribution in [0.1, 0.15) is 27.2 Å². The molecule has 0 radical (unpaired) electrons. The highest BCUT2D eigenvalue weighted by atomic mass is 16.6. The molecule has 0 aliphatic rings. The summed E-state index contributed by atoms with van der Waals surface area (Å²) >= 11 is 0. The highest BCUT2D eigenvalue weighted by Crippen LogP contribution is 2.07. The Balaban J connectivity index is 4.49. The largest absolute Gasteiger partial charge is 0.508 e. The maximum atomic E-state index is 11.5. The Labute approximate surface area is 119 Å². The van der Waals surface area contributed by atoms with Crippen molar-refractivity contribution in [1.29, 1.82) is 0 Å². The van der Waals surface area contributed by atoms with Crippen molar-refractivity contribution in [3.8, 4) is 0 Å². The lowest BCUT2D eigenvalue weighted by Crippen LogP contribution is -2.46. The fraction of sp³-hybridized carbons (Fsp3) is 0.429. The summed E-state index contributed by atoms with van der Waals surface area (Å²) in [7, 11) is 0. The second-order valence-corrected chi connectivity index (χ2v) is 5.06. The lowest BCUT2D eigenvalue weighted by Gasteiger charge is -2.21. The van der Waals surface area contributed by atoms with Crippen molar-refractivity contribution in [1.82, 2.24) is 5.32 Å². The number of hydrogen-bond donors (Lipinski definition) is 3. The third-order valence-corrected chi connectivity index (χ3v) is 2.02. The molecule has 1 unspecified atom stereocenters. The van der Waals surface area contributed by atoms with E-state index in [0.717, 1.165) is 0 Å². The van der Waals surface area contributed by atoms with Gasteiger partial charge in [-0.15, -0.1) is 0 Å². The quantitative estimate of drug-likeness (QED) is 0.511.